The van der Waals surface area contributed by atoms with Crippen LogP contribution in [0, 0.1) is 5.92 Å². The van der Waals surface area contributed by atoms with Crippen LogP contribution in [0.25, 0.3) is 10.9 Å². The quantitative estimate of drug-likeness (QED) is 0.388. The number of nitrogens with one attached hydrogen (secondary N) is 2. The van der Waals surface area contributed by atoms with Crippen molar-refractivity contribution in [3.8, 4) is 0 Å². The van der Waals surface area contributed by atoms with Crippen LogP contribution in [-0.2, 0) is 32.4 Å². The average molecular weight is 624 g/mol. The summed E-state index contributed by atoms with van der Waals surface area (Å²) in [7, 11) is 0. The average Bonchev–Trinajstić information content (AvgIpc) is 3.66. The first-order valence-electron chi connectivity index (χ1n) is 15.3. The number of halogens is 3. The maximum Gasteiger partial charge on any atom is 0.416 e. The number of rotatable bonds is 4. The molecule has 9 nitrogen and oxygen atoms in total. The molecule has 0 aliphatic carbocycles. The monoisotopic (exact) mass is 623 g/mol. The van der Waals surface area contributed by atoms with Gasteiger partial charge in [0.05, 0.1) is 11.0 Å². The number of hydrogen-bond donors (Lipinski definition) is 3. The van der Waals surface area contributed by atoms with Crippen molar-refractivity contribution in [3.05, 3.63) is 64.8 Å². The van der Waals surface area contributed by atoms with Crippen LogP contribution in [0.2, 0.25) is 0 Å². The Morgan fingerprint density at radius 3 is 2.56 bits per heavy atom. The van der Waals surface area contributed by atoms with Gasteiger partial charge in [0.15, 0.2) is 0 Å². The van der Waals surface area contributed by atoms with Crippen molar-refractivity contribution in [3.63, 3.8) is 0 Å². The van der Waals surface area contributed by atoms with Gasteiger partial charge in [0.2, 0.25) is 17.7 Å². The van der Waals surface area contributed by atoms with Gasteiger partial charge in [-0.3, -0.25) is 19.2 Å². The Balaban J connectivity index is 1.42. The van der Waals surface area contributed by atoms with E-state index in [-0.39, 0.29) is 49.0 Å². The number of fused-ring (bicyclic) bond motifs is 3. The van der Waals surface area contributed by atoms with Gasteiger partial charge < -0.3 is 25.8 Å². The fraction of sp³-hybridized carbons (Fsp3) is 0.455. The lowest BCUT2D eigenvalue weighted by molar-refractivity contribution is -0.141. The van der Waals surface area contributed by atoms with Crippen LogP contribution in [-0.4, -0.2) is 63.6 Å². The number of alkyl halides is 3. The van der Waals surface area contributed by atoms with E-state index >= 15 is 0 Å². The molecule has 2 aromatic carbocycles. The van der Waals surface area contributed by atoms with Crippen molar-refractivity contribution in [2.75, 3.05) is 18.4 Å². The fourth-order valence-corrected chi connectivity index (χ4v) is 7.13. The van der Waals surface area contributed by atoms with Crippen LogP contribution in [0.15, 0.2) is 42.5 Å². The van der Waals surface area contributed by atoms with Crippen molar-refractivity contribution in [1.29, 1.82) is 0 Å². The standard InChI is InChI=1S/C33H36F3N5O4/c1-18(2)12-26-30(44)41-17-32(16-27(41)28(37)42)22-13-19(7-10-23(22)39-31(32)45)6-4-3-5-11-40(26)29(43)25-14-20-8-9-21(33(34,35)36)15-24(20)38-25/h7-10,13-15,18,26-27,38H,3-6,11-12,16-17H2,1-2H3,(H2,37,42)(H,39,45)/t26-,27-,32-/m0/s1. The highest BCUT2D eigenvalue weighted by molar-refractivity contribution is 6.08. The first kappa shape index (κ1) is 30.7. The molecule has 0 unspecified atom stereocenters. The van der Waals surface area contributed by atoms with E-state index in [0.717, 1.165) is 42.5 Å². The predicted molar refractivity (Wildman–Crippen MR) is 161 cm³/mol. The highest BCUT2D eigenvalue weighted by atomic mass is 19.4. The molecule has 0 radical (unpaired) electrons. The highest BCUT2D eigenvalue weighted by Crippen LogP contribution is 2.47. The largest absolute Gasteiger partial charge is 0.416 e. The summed E-state index contributed by atoms with van der Waals surface area (Å²) in [5, 5.41) is 3.36. The number of carbonyl (C=O) groups excluding carboxylic acids is 4. The number of aromatic amines is 1. The first-order valence-corrected chi connectivity index (χ1v) is 15.3. The third kappa shape index (κ3) is 5.44. The van der Waals surface area contributed by atoms with Gasteiger partial charge in [0.1, 0.15) is 17.8 Å². The number of nitrogens with two attached hydrogens (primary N) is 1. The van der Waals surface area contributed by atoms with Gasteiger partial charge in [-0.2, -0.15) is 13.2 Å². The van der Waals surface area contributed by atoms with Gasteiger partial charge in [-0.25, -0.2) is 0 Å². The number of carbonyl (C=O) groups is 4. The predicted octanol–water partition coefficient (Wildman–Crippen LogP) is 4.75. The number of benzene rings is 2. The minimum atomic E-state index is -4.55. The molecule has 1 saturated heterocycles. The lowest BCUT2D eigenvalue weighted by atomic mass is 9.78. The molecular weight excluding hydrogens is 587 g/mol. The van der Waals surface area contributed by atoms with E-state index in [1.54, 1.807) is 0 Å². The SMILES string of the molecule is CC(C)C[C@H]1C(=O)N2C[C@]3(C[C@H]2C(N)=O)C(=O)Nc2ccc(cc23)CCCCCN1C(=O)c1cc2ccc(C(F)(F)F)cc2[nH]1. The lowest BCUT2D eigenvalue weighted by Crippen LogP contribution is -2.55. The Bertz CT molecular complexity index is 1700. The number of H-pyrrole nitrogens is 1. The van der Waals surface area contributed by atoms with Crippen LogP contribution in [0.5, 0.6) is 0 Å². The molecule has 1 fully saturated rings. The number of primary amides is 1. The van der Waals surface area contributed by atoms with Gasteiger partial charge >= 0.3 is 6.18 Å². The molecule has 0 saturated carbocycles. The molecule has 238 valence electrons. The summed E-state index contributed by atoms with van der Waals surface area (Å²) in [4.78, 5) is 60.8. The van der Waals surface area contributed by atoms with E-state index in [2.05, 4.69) is 10.3 Å². The van der Waals surface area contributed by atoms with Crippen molar-refractivity contribution in [2.45, 2.75) is 76.0 Å². The summed E-state index contributed by atoms with van der Waals surface area (Å²) >= 11 is 0. The Kier molecular flexibility index (Phi) is 7.65. The fourth-order valence-electron chi connectivity index (χ4n) is 7.13. The van der Waals surface area contributed by atoms with Gasteiger partial charge in [-0.1, -0.05) is 38.5 Å². The Morgan fingerprint density at radius 2 is 1.84 bits per heavy atom. The second kappa shape index (κ2) is 11.2. The smallest absolute Gasteiger partial charge is 0.368 e. The van der Waals surface area contributed by atoms with Crippen molar-refractivity contribution in [2.24, 2.45) is 11.7 Å². The van der Waals surface area contributed by atoms with Crippen LogP contribution < -0.4 is 11.1 Å². The molecule has 4 bridgehead atoms. The first-order chi connectivity index (χ1) is 21.3. The molecule has 6 rings (SSSR count). The summed E-state index contributed by atoms with van der Waals surface area (Å²) in [5.74, 6) is -2.08. The summed E-state index contributed by atoms with van der Waals surface area (Å²) < 4.78 is 40.1. The number of nitrogens with zero attached hydrogens (tertiary/aromatic N) is 2. The van der Waals surface area contributed by atoms with Crippen molar-refractivity contribution < 1.29 is 32.3 Å². The molecule has 12 heteroatoms. The summed E-state index contributed by atoms with van der Waals surface area (Å²) in [6.07, 6.45) is -1.37. The summed E-state index contributed by atoms with van der Waals surface area (Å²) in [6.45, 7) is 3.99. The maximum atomic E-state index is 14.6. The van der Waals surface area contributed by atoms with Crippen LogP contribution >= 0.6 is 0 Å². The summed E-state index contributed by atoms with van der Waals surface area (Å²) in [5.41, 5.74) is 6.49. The van der Waals surface area contributed by atoms with Gasteiger partial charge in [-0.05, 0) is 73.4 Å². The second-order valence-corrected chi connectivity index (χ2v) is 12.9. The molecule has 4 heterocycles. The Hall–Kier alpha value is -4.35. The minimum absolute atomic E-state index is 0.0300. The van der Waals surface area contributed by atoms with Gasteiger partial charge in [0.25, 0.3) is 5.91 Å². The molecule has 3 aromatic rings. The Morgan fingerprint density at radius 1 is 1.07 bits per heavy atom. The zero-order valence-electron chi connectivity index (χ0n) is 25.2. The van der Waals surface area contributed by atoms with Gasteiger partial charge in [-0.15, -0.1) is 0 Å². The van der Waals surface area contributed by atoms with E-state index in [0.29, 0.717) is 17.5 Å². The number of amides is 4. The maximum absolute atomic E-state index is 14.6. The molecule has 1 spiro atoms. The topological polar surface area (TPSA) is 129 Å². The number of aromatic nitrogens is 1. The number of aryl methyl sites for hydroxylation is 1. The van der Waals surface area contributed by atoms with E-state index in [1.807, 2.05) is 32.0 Å². The Labute approximate surface area is 258 Å². The highest BCUT2D eigenvalue weighted by Gasteiger charge is 2.58. The van der Waals surface area contributed by atoms with Crippen LogP contribution in [0.3, 0.4) is 0 Å². The molecule has 3 aliphatic heterocycles. The molecule has 4 amide bonds. The molecular formula is C33H36F3N5O4. The molecule has 3 atom stereocenters. The van der Waals surface area contributed by atoms with Gasteiger partial charge in [0, 0.05) is 29.7 Å². The molecule has 3 aliphatic rings. The third-order valence-corrected chi connectivity index (χ3v) is 9.41. The molecule has 45 heavy (non-hydrogen) atoms. The van der Waals surface area contributed by atoms with Crippen molar-refractivity contribution >= 4 is 40.2 Å². The van der Waals surface area contributed by atoms with Crippen molar-refractivity contribution in [1.82, 2.24) is 14.8 Å². The normalized spacial score (nSPS) is 23.9. The lowest BCUT2D eigenvalue weighted by Gasteiger charge is -2.36. The number of anilines is 1. The minimum Gasteiger partial charge on any atom is -0.368 e. The van der Waals surface area contributed by atoms with E-state index < -0.39 is 47.0 Å². The van der Waals surface area contributed by atoms with E-state index in [4.69, 9.17) is 5.73 Å². The molecule has 1 aromatic heterocycles. The van der Waals surface area contributed by atoms with E-state index in [1.165, 1.54) is 21.9 Å². The summed E-state index contributed by atoms with van der Waals surface area (Å²) in [6, 6.07) is 8.48. The molecule has 4 N–H and O–H groups in total. The van der Waals surface area contributed by atoms with Crippen LogP contribution in [0.4, 0.5) is 18.9 Å². The zero-order chi connectivity index (χ0) is 32.3. The second-order valence-electron chi connectivity index (χ2n) is 12.9. The number of hydrogen-bond acceptors (Lipinski definition) is 4. The third-order valence-electron chi connectivity index (χ3n) is 9.41. The zero-order valence-corrected chi connectivity index (χ0v) is 25.2. The van der Waals surface area contributed by atoms with Crippen LogP contribution in [0.1, 0.15) is 73.1 Å². The van der Waals surface area contributed by atoms with E-state index in [9.17, 15) is 32.3 Å².